The minimum Gasteiger partial charge on any atom is -0.437 e. The molecule has 3 aromatic rings. The largest absolute Gasteiger partial charge is 0.437 e. The van der Waals surface area contributed by atoms with E-state index in [9.17, 15) is 14.0 Å². The second-order valence-corrected chi connectivity index (χ2v) is 13.5. The Hall–Kier alpha value is -4.06. The molecule has 2 fully saturated rings. The molecule has 12 heteroatoms. The number of benzene rings is 1. The Morgan fingerprint density at radius 1 is 1.09 bits per heavy atom. The van der Waals surface area contributed by atoms with Gasteiger partial charge in [-0.3, -0.25) is 5.32 Å². The average Bonchev–Trinajstić information content (AvgIpc) is 3.67. The Balaban J connectivity index is 1.13. The fourth-order valence-electron chi connectivity index (χ4n) is 7.77. The summed E-state index contributed by atoms with van der Waals surface area (Å²) in [6, 6.07) is 7.32. The first-order chi connectivity index (χ1) is 22.1. The first kappa shape index (κ1) is 30.6. The van der Waals surface area contributed by atoms with Crippen LogP contribution in [-0.4, -0.2) is 50.8 Å². The molecule has 1 aliphatic carbocycles. The number of hydrogen-bond acceptors (Lipinski definition) is 6. The molecule has 0 bridgehead atoms. The number of piperidine rings is 1. The Bertz CT molecular complexity index is 1630. The van der Waals surface area contributed by atoms with E-state index in [1.807, 2.05) is 30.5 Å². The average molecular weight is 635 g/mol. The number of nitrogens with one attached hydrogen (secondary N) is 2. The zero-order valence-corrected chi connectivity index (χ0v) is 26.2. The van der Waals surface area contributed by atoms with Crippen molar-refractivity contribution in [1.29, 1.82) is 0 Å². The lowest BCUT2D eigenvalue weighted by molar-refractivity contribution is -0.0772. The Kier molecular flexibility index (Phi) is 7.94. The number of fused-ring (bicyclic) bond motifs is 3. The summed E-state index contributed by atoms with van der Waals surface area (Å²) in [5, 5.41) is 5.86. The molecule has 10 nitrogen and oxygen atoms in total. The van der Waals surface area contributed by atoms with Crippen LogP contribution in [0, 0.1) is 11.6 Å². The SMILES string of the molecule is CC(C)(OC1CCCC1)c1cnc2n1C[C@H](c1cccc(F)c1F)CC[C@H]2NC(=O)N1CCC2(CC1)OC(=O)Nc1ncccc12. The van der Waals surface area contributed by atoms with Crippen molar-refractivity contribution < 1.29 is 27.8 Å². The molecule has 0 unspecified atom stereocenters. The highest BCUT2D eigenvalue weighted by atomic mass is 19.2. The van der Waals surface area contributed by atoms with Gasteiger partial charge in [0.05, 0.1) is 24.0 Å². The molecule has 1 saturated heterocycles. The van der Waals surface area contributed by atoms with E-state index in [0.29, 0.717) is 62.5 Å². The quantitative estimate of drug-likeness (QED) is 0.326. The van der Waals surface area contributed by atoms with Gasteiger partial charge in [-0.2, -0.15) is 0 Å². The number of hydrogen-bond donors (Lipinski definition) is 2. The minimum absolute atomic E-state index is 0.156. The fourth-order valence-corrected chi connectivity index (χ4v) is 7.77. The number of anilines is 1. The van der Waals surface area contributed by atoms with Crippen molar-refractivity contribution in [3.05, 3.63) is 77.0 Å². The van der Waals surface area contributed by atoms with Crippen molar-refractivity contribution in [1.82, 2.24) is 24.8 Å². The number of amides is 3. The zero-order valence-electron chi connectivity index (χ0n) is 26.2. The lowest BCUT2D eigenvalue weighted by atomic mass is 9.83. The molecule has 2 N–H and O–H groups in total. The zero-order chi connectivity index (χ0) is 32.1. The van der Waals surface area contributed by atoms with Gasteiger partial charge < -0.3 is 24.3 Å². The minimum atomic E-state index is -0.872. The number of pyridine rings is 1. The summed E-state index contributed by atoms with van der Waals surface area (Å²) >= 11 is 0. The van der Waals surface area contributed by atoms with Crippen molar-refractivity contribution in [2.24, 2.45) is 0 Å². The van der Waals surface area contributed by atoms with Crippen LogP contribution in [0.5, 0.6) is 0 Å². The molecule has 5 heterocycles. The van der Waals surface area contributed by atoms with Crippen molar-refractivity contribution in [3.63, 3.8) is 0 Å². The number of likely N-dealkylation sites (tertiary alicyclic amines) is 1. The lowest BCUT2D eigenvalue weighted by Gasteiger charge is -2.43. The third-order valence-electron chi connectivity index (χ3n) is 10.2. The van der Waals surface area contributed by atoms with Crippen LogP contribution >= 0.6 is 0 Å². The number of aromatic nitrogens is 3. The van der Waals surface area contributed by atoms with Gasteiger partial charge in [0, 0.05) is 50.2 Å². The van der Waals surface area contributed by atoms with Gasteiger partial charge in [-0.15, -0.1) is 0 Å². The van der Waals surface area contributed by atoms with Crippen molar-refractivity contribution in [3.8, 4) is 0 Å². The third kappa shape index (κ3) is 5.61. The number of carbonyl (C=O) groups is 2. The van der Waals surface area contributed by atoms with Gasteiger partial charge in [0.15, 0.2) is 11.6 Å². The molecule has 2 aromatic heterocycles. The van der Waals surface area contributed by atoms with Crippen LogP contribution in [0.3, 0.4) is 0 Å². The maximum Gasteiger partial charge on any atom is 0.413 e. The van der Waals surface area contributed by atoms with Gasteiger partial charge >= 0.3 is 12.1 Å². The number of carbonyl (C=O) groups excluding carboxylic acids is 2. The summed E-state index contributed by atoms with van der Waals surface area (Å²) in [6.45, 7) is 5.18. The molecule has 4 aliphatic rings. The van der Waals surface area contributed by atoms with E-state index < -0.39 is 35.0 Å². The van der Waals surface area contributed by atoms with Crippen LogP contribution in [0.1, 0.15) is 99.8 Å². The molecule has 1 aromatic carbocycles. The highest BCUT2D eigenvalue weighted by Crippen LogP contribution is 2.43. The van der Waals surface area contributed by atoms with Gasteiger partial charge in [0.1, 0.15) is 22.8 Å². The number of urea groups is 1. The number of imidazole rings is 1. The van der Waals surface area contributed by atoms with Crippen LogP contribution in [0.4, 0.5) is 24.2 Å². The first-order valence-electron chi connectivity index (χ1n) is 16.3. The van der Waals surface area contributed by atoms with Crippen molar-refractivity contribution in [2.75, 3.05) is 18.4 Å². The summed E-state index contributed by atoms with van der Waals surface area (Å²) < 4.78 is 43.9. The second-order valence-electron chi connectivity index (χ2n) is 13.5. The van der Waals surface area contributed by atoms with Crippen LogP contribution in [0.2, 0.25) is 0 Å². The number of rotatable bonds is 5. The van der Waals surface area contributed by atoms with Crippen LogP contribution in [0.15, 0.2) is 42.7 Å². The number of nitrogens with zero attached hydrogens (tertiary/aromatic N) is 4. The van der Waals surface area contributed by atoms with Gasteiger partial charge in [-0.1, -0.05) is 25.0 Å². The fraction of sp³-hybridized carbons (Fsp3) is 0.529. The van der Waals surface area contributed by atoms with Gasteiger partial charge in [0.25, 0.3) is 0 Å². The molecular formula is C34H40F2N6O4. The van der Waals surface area contributed by atoms with E-state index in [2.05, 4.69) is 15.6 Å². The molecule has 3 amide bonds. The van der Waals surface area contributed by atoms with E-state index >= 15 is 4.39 Å². The summed E-state index contributed by atoms with van der Waals surface area (Å²) in [6.07, 6.45) is 9.21. The van der Waals surface area contributed by atoms with Crippen LogP contribution in [-0.2, 0) is 27.2 Å². The standard InChI is InChI=1S/C34H40F2N6O4/c1-33(2,45-22-7-3-4-8-22)27-19-38-30-26(13-12-21(20-42(27)30)23-9-5-11-25(35)28(23)36)39-31(43)41-17-14-34(15-18-41)24-10-6-16-37-29(24)40-32(44)46-34/h5-6,9-11,16,19,21-22,26H,3-4,7-8,12-15,17-18,20H2,1-2H3,(H,39,43)(H,37,40,44)/t21-,26-/m1/s1. The molecule has 7 rings (SSSR count). The third-order valence-corrected chi connectivity index (χ3v) is 10.2. The molecular weight excluding hydrogens is 594 g/mol. The number of ether oxygens (including phenoxy) is 2. The predicted molar refractivity (Wildman–Crippen MR) is 165 cm³/mol. The Morgan fingerprint density at radius 3 is 2.65 bits per heavy atom. The second kappa shape index (κ2) is 11.9. The summed E-state index contributed by atoms with van der Waals surface area (Å²) in [5.41, 5.74) is 0.453. The van der Waals surface area contributed by atoms with E-state index in [0.717, 1.165) is 43.0 Å². The smallest absolute Gasteiger partial charge is 0.413 e. The lowest BCUT2D eigenvalue weighted by Crippen LogP contribution is -2.52. The Morgan fingerprint density at radius 2 is 1.87 bits per heavy atom. The molecule has 1 saturated carbocycles. The van der Waals surface area contributed by atoms with E-state index in [4.69, 9.17) is 14.5 Å². The number of halogens is 2. The van der Waals surface area contributed by atoms with Crippen molar-refractivity contribution in [2.45, 2.75) is 101 Å². The molecule has 1 spiro atoms. The summed E-state index contributed by atoms with van der Waals surface area (Å²) in [4.78, 5) is 36.9. The first-order valence-corrected chi connectivity index (χ1v) is 16.3. The van der Waals surface area contributed by atoms with Gasteiger partial charge in [0.2, 0.25) is 0 Å². The maximum absolute atomic E-state index is 15.1. The summed E-state index contributed by atoms with van der Waals surface area (Å²) in [5.74, 6) is -0.876. The summed E-state index contributed by atoms with van der Waals surface area (Å²) in [7, 11) is 0. The van der Waals surface area contributed by atoms with E-state index in [-0.39, 0.29) is 18.1 Å². The highest BCUT2D eigenvalue weighted by molar-refractivity contribution is 5.87. The maximum atomic E-state index is 15.1. The molecule has 2 atom stereocenters. The van der Waals surface area contributed by atoms with Crippen LogP contribution in [0.25, 0.3) is 0 Å². The molecule has 46 heavy (non-hydrogen) atoms. The molecule has 244 valence electrons. The Labute approximate surface area is 266 Å². The predicted octanol–water partition coefficient (Wildman–Crippen LogP) is 6.63. The topological polar surface area (TPSA) is 111 Å². The van der Waals surface area contributed by atoms with E-state index in [1.54, 1.807) is 23.4 Å². The molecule has 3 aliphatic heterocycles. The van der Waals surface area contributed by atoms with Crippen LogP contribution < -0.4 is 10.6 Å². The van der Waals surface area contributed by atoms with Gasteiger partial charge in [-0.25, -0.2) is 28.3 Å². The molecule has 0 radical (unpaired) electrons. The normalized spacial score (nSPS) is 22.9. The highest BCUT2D eigenvalue weighted by Gasteiger charge is 2.46. The van der Waals surface area contributed by atoms with E-state index in [1.165, 1.54) is 6.07 Å². The van der Waals surface area contributed by atoms with Crippen molar-refractivity contribution >= 4 is 17.9 Å². The monoisotopic (exact) mass is 634 g/mol. The van der Waals surface area contributed by atoms with Gasteiger partial charge in [-0.05, 0) is 63.3 Å².